The average molecular weight is 448 g/mol. The second-order valence-electron chi connectivity index (χ2n) is 6.44. The van der Waals surface area contributed by atoms with Crippen molar-refractivity contribution < 1.29 is 22.7 Å². The third-order valence-corrected chi connectivity index (χ3v) is 7.55. The van der Waals surface area contributed by atoms with Gasteiger partial charge in [0.25, 0.3) is 0 Å². The summed E-state index contributed by atoms with van der Waals surface area (Å²) in [6, 6.07) is 4.75. The van der Waals surface area contributed by atoms with Gasteiger partial charge in [0.05, 0.1) is 46.9 Å². The minimum absolute atomic E-state index is 0.0135. The fourth-order valence-electron chi connectivity index (χ4n) is 3.02. The molecule has 3 rings (SSSR count). The van der Waals surface area contributed by atoms with Crippen LogP contribution in [0.2, 0.25) is 5.02 Å². The molecule has 0 aromatic heterocycles. The van der Waals surface area contributed by atoms with Crippen molar-refractivity contribution >= 4 is 56.6 Å². The van der Waals surface area contributed by atoms with Gasteiger partial charge in [-0.1, -0.05) is 11.6 Å². The van der Waals surface area contributed by atoms with E-state index in [2.05, 4.69) is 5.32 Å². The topological polar surface area (TPSA) is 96.0 Å². The van der Waals surface area contributed by atoms with E-state index in [0.717, 1.165) is 0 Å². The zero-order valence-corrected chi connectivity index (χ0v) is 17.6. The van der Waals surface area contributed by atoms with Crippen LogP contribution < -0.4 is 9.62 Å². The van der Waals surface area contributed by atoms with Crippen LogP contribution >= 0.6 is 23.4 Å². The van der Waals surface area contributed by atoms with Crippen molar-refractivity contribution in [2.24, 2.45) is 0 Å². The molecule has 1 N–H and O–H groups in total. The fourth-order valence-corrected chi connectivity index (χ4v) is 5.45. The quantitative estimate of drug-likeness (QED) is 0.708. The van der Waals surface area contributed by atoms with E-state index in [4.69, 9.17) is 16.3 Å². The lowest BCUT2D eigenvalue weighted by Crippen LogP contribution is -2.41. The normalized spacial score (nSPS) is 18.9. The summed E-state index contributed by atoms with van der Waals surface area (Å²) >= 11 is 7.37. The molecule has 0 spiro atoms. The highest BCUT2D eigenvalue weighted by Crippen LogP contribution is 2.31. The predicted molar refractivity (Wildman–Crippen MR) is 111 cm³/mol. The van der Waals surface area contributed by atoms with Gasteiger partial charge >= 0.3 is 0 Å². The number of hydrogen-bond donors (Lipinski definition) is 1. The molecule has 0 bridgehead atoms. The molecule has 2 amide bonds. The monoisotopic (exact) mass is 447 g/mol. The smallest absolute Gasteiger partial charge is 0.235 e. The van der Waals surface area contributed by atoms with E-state index in [9.17, 15) is 18.0 Å². The van der Waals surface area contributed by atoms with Crippen LogP contribution in [0.1, 0.15) is 6.42 Å². The van der Waals surface area contributed by atoms with Gasteiger partial charge in [-0.2, -0.15) is 0 Å². The van der Waals surface area contributed by atoms with Crippen molar-refractivity contribution in [3.05, 3.63) is 23.2 Å². The van der Waals surface area contributed by atoms with Crippen LogP contribution in [0.4, 0.5) is 11.4 Å². The molecule has 2 aliphatic rings. The molecule has 0 radical (unpaired) electrons. The van der Waals surface area contributed by atoms with E-state index in [1.54, 1.807) is 23.1 Å². The number of thioether (sulfide) groups is 1. The number of anilines is 2. The van der Waals surface area contributed by atoms with Crippen LogP contribution in [0.15, 0.2) is 18.2 Å². The highest BCUT2D eigenvalue weighted by atomic mass is 35.5. The minimum Gasteiger partial charge on any atom is -0.378 e. The number of halogens is 1. The molecule has 0 aliphatic carbocycles. The highest BCUT2D eigenvalue weighted by molar-refractivity contribution is 8.00. The van der Waals surface area contributed by atoms with Gasteiger partial charge in [-0.05, 0) is 24.6 Å². The number of rotatable bonds is 6. The summed E-state index contributed by atoms with van der Waals surface area (Å²) in [6.07, 6.45) is 0.570. The largest absolute Gasteiger partial charge is 0.378 e. The van der Waals surface area contributed by atoms with E-state index >= 15 is 0 Å². The molecule has 2 saturated heterocycles. The second-order valence-corrected chi connectivity index (χ2v) is 9.85. The summed E-state index contributed by atoms with van der Waals surface area (Å²) in [4.78, 5) is 26.0. The highest BCUT2D eigenvalue weighted by Gasteiger charge is 2.28. The van der Waals surface area contributed by atoms with Crippen molar-refractivity contribution in [1.29, 1.82) is 0 Å². The summed E-state index contributed by atoms with van der Waals surface area (Å²) in [5, 5.41) is 3.02. The number of ether oxygens (including phenoxy) is 1. The number of morpholine rings is 1. The third-order valence-electron chi connectivity index (χ3n) is 4.43. The van der Waals surface area contributed by atoms with Crippen molar-refractivity contribution in [1.82, 2.24) is 4.90 Å². The number of amides is 2. The molecule has 28 heavy (non-hydrogen) atoms. The van der Waals surface area contributed by atoms with E-state index in [1.807, 2.05) is 0 Å². The molecule has 0 atom stereocenters. The summed E-state index contributed by atoms with van der Waals surface area (Å²) in [5.41, 5.74) is 0.832. The van der Waals surface area contributed by atoms with Gasteiger partial charge in [-0.25, -0.2) is 8.42 Å². The first-order valence-electron chi connectivity index (χ1n) is 8.90. The molecule has 2 aliphatic heterocycles. The molecule has 11 heteroatoms. The Balaban J connectivity index is 1.53. The standard InChI is InChI=1S/C17H22ClN3O5S2/c18-14-3-2-13(21-4-1-9-28(21,24)25)10-15(14)19-16(22)11-27-12-17(23)20-5-7-26-8-6-20/h2-3,10H,1,4-9,11-12H2,(H,19,22). The van der Waals surface area contributed by atoms with Crippen LogP contribution in [0, 0.1) is 0 Å². The van der Waals surface area contributed by atoms with E-state index in [0.29, 0.717) is 55.7 Å². The van der Waals surface area contributed by atoms with Crippen LogP contribution in [0.5, 0.6) is 0 Å². The number of sulfonamides is 1. The Morgan fingerprint density at radius 1 is 1.18 bits per heavy atom. The lowest BCUT2D eigenvalue weighted by molar-refractivity contribution is -0.132. The maximum Gasteiger partial charge on any atom is 0.235 e. The molecular weight excluding hydrogens is 426 g/mol. The maximum absolute atomic E-state index is 12.2. The van der Waals surface area contributed by atoms with Crippen molar-refractivity contribution in [3.8, 4) is 0 Å². The van der Waals surface area contributed by atoms with E-state index in [1.165, 1.54) is 16.1 Å². The summed E-state index contributed by atoms with van der Waals surface area (Å²) < 4.78 is 30.7. The van der Waals surface area contributed by atoms with Gasteiger partial charge in [0.2, 0.25) is 21.8 Å². The van der Waals surface area contributed by atoms with Crippen LogP contribution in [0.3, 0.4) is 0 Å². The number of hydrogen-bond acceptors (Lipinski definition) is 6. The van der Waals surface area contributed by atoms with Crippen molar-refractivity contribution in [2.75, 3.05) is 59.7 Å². The van der Waals surface area contributed by atoms with Gasteiger partial charge in [0, 0.05) is 19.6 Å². The maximum atomic E-state index is 12.2. The molecule has 2 heterocycles. The Kier molecular flexibility index (Phi) is 7.08. The predicted octanol–water partition coefficient (Wildman–Crippen LogP) is 1.41. The molecule has 2 fully saturated rings. The molecule has 0 unspecified atom stereocenters. The number of nitrogens with zero attached hydrogens (tertiary/aromatic N) is 2. The lowest BCUT2D eigenvalue weighted by atomic mass is 10.2. The third kappa shape index (κ3) is 5.31. The lowest BCUT2D eigenvalue weighted by Gasteiger charge is -2.26. The van der Waals surface area contributed by atoms with Crippen molar-refractivity contribution in [3.63, 3.8) is 0 Å². The molecule has 8 nitrogen and oxygen atoms in total. The average Bonchev–Trinajstić information content (AvgIpc) is 3.03. The van der Waals surface area contributed by atoms with Crippen LogP contribution in [-0.2, 0) is 24.3 Å². The zero-order chi connectivity index (χ0) is 20.1. The Hall–Kier alpha value is -1.49. The second kappa shape index (κ2) is 9.34. The number of carbonyl (C=O) groups excluding carboxylic acids is 2. The van der Waals surface area contributed by atoms with Crippen molar-refractivity contribution in [2.45, 2.75) is 6.42 Å². The van der Waals surface area contributed by atoms with Crippen LogP contribution in [0.25, 0.3) is 0 Å². The molecule has 154 valence electrons. The Morgan fingerprint density at radius 2 is 1.93 bits per heavy atom. The fraction of sp³-hybridized carbons (Fsp3) is 0.529. The Morgan fingerprint density at radius 3 is 2.61 bits per heavy atom. The van der Waals surface area contributed by atoms with Gasteiger partial charge in [-0.3, -0.25) is 13.9 Å². The SMILES string of the molecule is O=C(CSCC(=O)N1CCOCC1)Nc1cc(N2CCCS2(=O)=O)ccc1Cl. The molecular formula is C17H22ClN3O5S2. The molecule has 1 aromatic rings. The van der Waals surface area contributed by atoms with Gasteiger partial charge in [-0.15, -0.1) is 11.8 Å². The Bertz CT molecular complexity index is 843. The van der Waals surface area contributed by atoms with E-state index in [-0.39, 0.29) is 29.1 Å². The van der Waals surface area contributed by atoms with Gasteiger partial charge in [0.1, 0.15) is 0 Å². The first-order valence-corrected chi connectivity index (χ1v) is 12.0. The van der Waals surface area contributed by atoms with E-state index < -0.39 is 10.0 Å². The van der Waals surface area contributed by atoms with Gasteiger partial charge < -0.3 is 15.0 Å². The number of benzene rings is 1. The summed E-state index contributed by atoms with van der Waals surface area (Å²) in [5.74, 6) is 0.111. The molecule has 0 saturated carbocycles. The van der Waals surface area contributed by atoms with Crippen LogP contribution in [-0.4, -0.2) is 75.2 Å². The number of carbonyl (C=O) groups is 2. The first kappa shape index (κ1) is 21.2. The molecule has 1 aromatic carbocycles. The minimum atomic E-state index is -3.31. The zero-order valence-electron chi connectivity index (χ0n) is 15.2. The van der Waals surface area contributed by atoms with Gasteiger partial charge in [0.15, 0.2) is 0 Å². The first-order chi connectivity index (χ1) is 13.4. The number of nitrogens with one attached hydrogen (secondary N) is 1. The summed E-state index contributed by atoms with van der Waals surface area (Å²) in [7, 11) is -3.31. The summed E-state index contributed by atoms with van der Waals surface area (Å²) in [6.45, 7) is 2.65. The Labute approximate surface area is 173 Å².